The molecule has 0 aliphatic carbocycles. The van der Waals surface area contributed by atoms with Gasteiger partial charge in [-0.1, -0.05) is 0 Å². The minimum atomic E-state index is -1.17. The van der Waals surface area contributed by atoms with Crippen molar-refractivity contribution in [2.75, 3.05) is 0 Å². The van der Waals surface area contributed by atoms with Crippen molar-refractivity contribution in [1.29, 1.82) is 0 Å². The van der Waals surface area contributed by atoms with E-state index in [1.54, 1.807) is 6.92 Å². The molecular formula is C11H8FNO3. The third-order valence-corrected chi connectivity index (χ3v) is 2.04. The summed E-state index contributed by atoms with van der Waals surface area (Å²) in [6.07, 6.45) is 0. The Morgan fingerprint density at radius 2 is 2.00 bits per heavy atom. The molecule has 1 N–H and O–H groups in total. The van der Waals surface area contributed by atoms with Crippen molar-refractivity contribution in [3.05, 3.63) is 41.7 Å². The summed E-state index contributed by atoms with van der Waals surface area (Å²) < 4.78 is 17.9. The van der Waals surface area contributed by atoms with E-state index in [0.717, 1.165) is 0 Å². The van der Waals surface area contributed by atoms with Crippen LogP contribution < -0.4 is 0 Å². The Hall–Kier alpha value is -2.17. The van der Waals surface area contributed by atoms with E-state index < -0.39 is 11.8 Å². The van der Waals surface area contributed by atoms with Crippen molar-refractivity contribution in [3.8, 4) is 11.3 Å². The van der Waals surface area contributed by atoms with Crippen molar-refractivity contribution >= 4 is 5.97 Å². The molecule has 0 atom stereocenters. The lowest BCUT2D eigenvalue weighted by atomic mass is 10.1. The van der Waals surface area contributed by atoms with E-state index in [0.29, 0.717) is 5.56 Å². The molecule has 0 saturated carbocycles. The highest BCUT2D eigenvalue weighted by molar-refractivity contribution is 5.92. The van der Waals surface area contributed by atoms with Crippen LogP contribution in [0.15, 0.2) is 28.7 Å². The molecule has 0 unspecified atom stereocenters. The second-order valence-corrected chi connectivity index (χ2v) is 3.22. The molecule has 0 saturated heterocycles. The van der Waals surface area contributed by atoms with Crippen molar-refractivity contribution in [2.45, 2.75) is 6.92 Å². The van der Waals surface area contributed by atoms with Crippen LogP contribution in [0, 0.1) is 12.7 Å². The standard InChI is InChI=1S/C11H8FNO3/c1-6-13-9(11(14)15)10(16-6)7-2-4-8(12)5-3-7/h2-5H,1H3,(H,14,15). The maximum absolute atomic E-state index is 12.7. The SMILES string of the molecule is Cc1nc(C(=O)O)c(-c2ccc(F)cc2)o1. The number of aromatic nitrogens is 1. The molecule has 0 bridgehead atoms. The van der Waals surface area contributed by atoms with Crippen LogP contribution in [0.4, 0.5) is 4.39 Å². The number of carbonyl (C=O) groups is 1. The van der Waals surface area contributed by atoms with Crippen molar-refractivity contribution in [1.82, 2.24) is 4.98 Å². The van der Waals surface area contributed by atoms with Crippen molar-refractivity contribution in [3.63, 3.8) is 0 Å². The van der Waals surface area contributed by atoms with Crippen molar-refractivity contribution in [2.24, 2.45) is 0 Å². The number of carboxylic acid groups (broad SMARTS) is 1. The fourth-order valence-corrected chi connectivity index (χ4v) is 1.37. The monoisotopic (exact) mass is 221 g/mol. The Kier molecular flexibility index (Phi) is 2.44. The Balaban J connectivity index is 2.55. The second-order valence-electron chi connectivity index (χ2n) is 3.22. The number of hydrogen-bond acceptors (Lipinski definition) is 3. The van der Waals surface area contributed by atoms with Crippen LogP contribution in [-0.4, -0.2) is 16.1 Å². The second kappa shape index (κ2) is 3.77. The topological polar surface area (TPSA) is 63.3 Å². The zero-order chi connectivity index (χ0) is 11.7. The van der Waals surface area contributed by atoms with Crippen LogP contribution in [0.25, 0.3) is 11.3 Å². The zero-order valence-electron chi connectivity index (χ0n) is 8.40. The molecule has 82 valence electrons. The van der Waals surface area contributed by atoms with Gasteiger partial charge < -0.3 is 9.52 Å². The molecule has 1 heterocycles. The molecule has 1 aromatic carbocycles. The summed E-state index contributed by atoms with van der Waals surface area (Å²) in [6, 6.07) is 5.36. The van der Waals surface area contributed by atoms with Crippen LogP contribution in [-0.2, 0) is 0 Å². The first-order valence-electron chi connectivity index (χ1n) is 4.54. The summed E-state index contributed by atoms with van der Waals surface area (Å²) in [5.74, 6) is -1.16. The van der Waals surface area contributed by atoms with Crippen LogP contribution in [0.5, 0.6) is 0 Å². The van der Waals surface area contributed by atoms with Gasteiger partial charge in [-0.3, -0.25) is 0 Å². The largest absolute Gasteiger partial charge is 0.476 e. The lowest BCUT2D eigenvalue weighted by Crippen LogP contribution is -1.98. The summed E-state index contributed by atoms with van der Waals surface area (Å²) in [6.45, 7) is 1.56. The first-order valence-corrected chi connectivity index (χ1v) is 4.54. The van der Waals surface area contributed by atoms with E-state index in [9.17, 15) is 9.18 Å². The summed E-state index contributed by atoms with van der Waals surface area (Å²) >= 11 is 0. The molecule has 0 aliphatic rings. The number of carboxylic acids is 1. The van der Waals surface area contributed by atoms with Gasteiger partial charge in [-0.05, 0) is 24.3 Å². The molecule has 0 fully saturated rings. The van der Waals surface area contributed by atoms with E-state index >= 15 is 0 Å². The quantitative estimate of drug-likeness (QED) is 0.846. The maximum atomic E-state index is 12.7. The van der Waals surface area contributed by atoms with Gasteiger partial charge in [-0.2, -0.15) is 0 Å². The molecule has 4 nitrogen and oxygen atoms in total. The molecular weight excluding hydrogens is 213 g/mol. The Morgan fingerprint density at radius 3 is 2.56 bits per heavy atom. The van der Waals surface area contributed by atoms with Gasteiger partial charge in [-0.15, -0.1) is 0 Å². The smallest absolute Gasteiger partial charge is 0.358 e. The van der Waals surface area contributed by atoms with Crippen LogP contribution in [0.2, 0.25) is 0 Å². The average Bonchev–Trinajstić information content (AvgIpc) is 2.61. The fraction of sp³-hybridized carbons (Fsp3) is 0.0909. The number of nitrogens with zero attached hydrogens (tertiary/aromatic N) is 1. The first-order chi connectivity index (χ1) is 7.58. The highest BCUT2D eigenvalue weighted by Crippen LogP contribution is 2.24. The molecule has 2 rings (SSSR count). The molecule has 0 radical (unpaired) electrons. The summed E-state index contributed by atoms with van der Waals surface area (Å²) in [5, 5.41) is 8.90. The third kappa shape index (κ3) is 1.79. The molecule has 1 aromatic heterocycles. The maximum Gasteiger partial charge on any atom is 0.358 e. The van der Waals surface area contributed by atoms with Crippen LogP contribution >= 0.6 is 0 Å². The normalized spacial score (nSPS) is 10.4. The fourth-order valence-electron chi connectivity index (χ4n) is 1.37. The lowest BCUT2D eigenvalue weighted by Gasteiger charge is -1.97. The summed E-state index contributed by atoms with van der Waals surface area (Å²) in [7, 11) is 0. The zero-order valence-corrected chi connectivity index (χ0v) is 8.40. The minimum Gasteiger partial charge on any atom is -0.476 e. The number of hydrogen-bond donors (Lipinski definition) is 1. The van der Waals surface area contributed by atoms with Gasteiger partial charge in [0.15, 0.2) is 17.3 Å². The van der Waals surface area contributed by atoms with Gasteiger partial charge in [0.1, 0.15) is 5.82 Å². The number of rotatable bonds is 2. The highest BCUT2D eigenvalue weighted by atomic mass is 19.1. The highest BCUT2D eigenvalue weighted by Gasteiger charge is 2.19. The van der Waals surface area contributed by atoms with Crippen molar-refractivity contribution < 1.29 is 18.7 Å². The van der Waals surface area contributed by atoms with Crippen LogP contribution in [0.3, 0.4) is 0 Å². The number of oxazole rings is 1. The number of halogens is 1. The van der Waals surface area contributed by atoms with Gasteiger partial charge in [0.2, 0.25) is 0 Å². The number of aromatic carboxylic acids is 1. The van der Waals surface area contributed by atoms with E-state index in [-0.39, 0.29) is 17.3 Å². The molecule has 2 aromatic rings. The average molecular weight is 221 g/mol. The minimum absolute atomic E-state index is 0.144. The van der Waals surface area contributed by atoms with E-state index in [2.05, 4.69) is 4.98 Å². The molecule has 0 spiro atoms. The predicted octanol–water partition coefficient (Wildman–Crippen LogP) is 2.49. The van der Waals surface area contributed by atoms with Gasteiger partial charge in [0.05, 0.1) is 0 Å². The third-order valence-electron chi connectivity index (χ3n) is 2.04. The number of aryl methyl sites for hydroxylation is 1. The molecule has 16 heavy (non-hydrogen) atoms. The molecule has 0 amide bonds. The van der Waals surface area contributed by atoms with E-state index in [1.807, 2.05) is 0 Å². The van der Waals surface area contributed by atoms with E-state index in [4.69, 9.17) is 9.52 Å². The Morgan fingerprint density at radius 1 is 1.38 bits per heavy atom. The summed E-state index contributed by atoms with van der Waals surface area (Å²) in [5.41, 5.74) is 0.323. The van der Waals surface area contributed by atoms with Gasteiger partial charge in [-0.25, -0.2) is 14.2 Å². The summed E-state index contributed by atoms with van der Waals surface area (Å²) in [4.78, 5) is 14.6. The van der Waals surface area contributed by atoms with Gasteiger partial charge in [0.25, 0.3) is 0 Å². The predicted molar refractivity (Wildman–Crippen MR) is 53.6 cm³/mol. The lowest BCUT2D eigenvalue weighted by molar-refractivity contribution is 0.0691. The van der Waals surface area contributed by atoms with Gasteiger partial charge >= 0.3 is 5.97 Å². The first kappa shape index (κ1) is 10.4. The Labute approximate surface area is 90.4 Å². The number of benzene rings is 1. The van der Waals surface area contributed by atoms with Gasteiger partial charge in [0, 0.05) is 12.5 Å². The van der Waals surface area contributed by atoms with Crippen LogP contribution in [0.1, 0.15) is 16.4 Å². The molecule has 5 heteroatoms. The Bertz CT molecular complexity index is 531. The van der Waals surface area contributed by atoms with E-state index in [1.165, 1.54) is 24.3 Å². The molecule has 0 aliphatic heterocycles.